The zero-order valence-electron chi connectivity index (χ0n) is 14.1. The fourth-order valence-electron chi connectivity index (χ4n) is 4.60. The quantitative estimate of drug-likeness (QED) is 0.477. The number of hydrogen-bond donors (Lipinski definition) is 2. The van der Waals surface area contributed by atoms with Crippen LogP contribution in [0.25, 0.3) is 0 Å². The van der Waals surface area contributed by atoms with Gasteiger partial charge in [-0.2, -0.15) is 0 Å². The van der Waals surface area contributed by atoms with Crippen LogP contribution in [0, 0.1) is 5.92 Å². The van der Waals surface area contributed by atoms with E-state index in [0.29, 0.717) is 6.54 Å². The zero-order valence-corrected chi connectivity index (χ0v) is 14.1. The van der Waals surface area contributed by atoms with Gasteiger partial charge in [0.05, 0.1) is 24.8 Å². The van der Waals surface area contributed by atoms with E-state index in [1.807, 2.05) is 11.9 Å². The van der Waals surface area contributed by atoms with Gasteiger partial charge in [-0.25, -0.2) is 4.79 Å². The molecule has 9 nitrogen and oxygen atoms in total. The van der Waals surface area contributed by atoms with Crippen molar-refractivity contribution >= 4 is 17.7 Å². The first-order valence-corrected chi connectivity index (χ1v) is 7.97. The molecular formula is C16H19N3O6. The minimum Gasteiger partial charge on any atom is -0.492 e. The molecule has 4 rings (SSSR count). The predicted octanol–water partition coefficient (Wildman–Crippen LogP) is -1.28. The van der Waals surface area contributed by atoms with Gasteiger partial charge in [-0.3, -0.25) is 14.5 Å². The summed E-state index contributed by atoms with van der Waals surface area (Å²) in [5, 5.41) is 11.4. The Morgan fingerprint density at radius 2 is 2.08 bits per heavy atom. The number of allylic oxidation sites excluding steroid dienone is 2. The van der Waals surface area contributed by atoms with Crippen LogP contribution in [0.4, 0.5) is 4.79 Å². The Morgan fingerprint density at radius 3 is 2.68 bits per heavy atom. The van der Waals surface area contributed by atoms with Gasteiger partial charge in [-0.05, 0) is 14.0 Å². The van der Waals surface area contributed by atoms with Gasteiger partial charge in [-0.15, -0.1) is 0 Å². The minimum atomic E-state index is -1.49. The Hall–Kier alpha value is -2.39. The Bertz CT molecular complexity index is 787. The van der Waals surface area contributed by atoms with E-state index < -0.39 is 23.5 Å². The molecule has 1 aliphatic carbocycles. The third-order valence-electron chi connectivity index (χ3n) is 5.80. The molecule has 0 aromatic carbocycles. The summed E-state index contributed by atoms with van der Waals surface area (Å²) in [6, 6.07) is -0.155. The monoisotopic (exact) mass is 349 g/mol. The first-order valence-electron chi connectivity index (χ1n) is 7.97. The van der Waals surface area contributed by atoms with E-state index in [2.05, 4.69) is 0 Å². The number of nitrogens with zero attached hydrogens (tertiary/aromatic N) is 2. The van der Waals surface area contributed by atoms with Crippen molar-refractivity contribution in [2.75, 3.05) is 27.3 Å². The van der Waals surface area contributed by atoms with Gasteiger partial charge in [0.25, 0.3) is 0 Å². The number of primary amides is 1. The highest BCUT2D eigenvalue weighted by atomic mass is 16.5. The van der Waals surface area contributed by atoms with Crippen LogP contribution in [-0.2, 0) is 19.1 Å². The summed E-state index contributed by atoms with van der Waals surface area (Å²) >= 11 is 0. The smallest absolute Gasteiger partial charge is 0.404 e. The van der Waals surface area contributed by atoms with Crippen LogP contribution >= 0.6 is 0 Å². The summed E-state index contributed by atoms with van der Waals surface area (Å²) in [6.07, 6.45) is -1.00. The van der Waals surface area contributed by atoms with E-state index in [1.165, 1.54) is 14.0 Å². The maximum atomic E-state index is 12.9. The summed E-state index contributed by atoms with van der Waals surface area (Å²) in [7, 11) is 3.18. The Labute approximate surface area is 143 Å². The standard InChI is InChI=1S/C16H19N3O6/c1-6-11(20)10-9(12(21)13(6)24-3)7(5-25-15(17)22)16(23)14-8(18(14)2)4-19(10)16/h7-8,14,23H,4-5H2,1-3H3,(H2,17,22)/t7-,8-,14-,16+,18?/m1/s1. The molecule has 3 aliphatic heterocycles. The van der Waals surface area contributed by atoms with Crippen LogP contribution in [0.1, 0.15) is 6.92 Å². The first kappa shape index (κ1) is 16.1. The Kier molecular flexibility index (Phi) is 3.11. The lowest BCUT2D eigenvalue weighted by Crippen LogP contribution is -2.53. The first-order chi connectivity index (χ1) is 11.7. The molecule has 2 fully saturated rings. The summed E-state index contributed by atoms with van der Waals surface area (Å²) in [6.45, 7) is 1.67. The number of hydrogen-bond acceptors (Lipinski definition) is 8. The second kappa shape index (κ2) is 4.83. The highest BCUT2D eigenvalue weighted by Crippen LogP contribution is 2.57. The molecule has 3 heterocycles. The molecule has 5 atom stereocenters. The Balaban J connectivity index is 1.82. The zero-order chi connectivity index (χ0) is 18.3. The third kappa shape index (κ3) is 1.77. The topological polar surface area (TPSA) is 122 Å². The van der Waals surface area contributed by atoms with Gasteiger partial charge in [-0.1, -0.05) is 0 Å². The molecule has 25 heavy (non-hydrogen) atoms. The molecule has 1 unspecified atom stereocenters. The number of fused-ring (bicyclic) bond motifs is 4. The van der Waals surface area contributed by atoms with Crippen molar-refractivity contribution in [1.29, 1.82) is 0 Å². The lowest BCUT2D eigenvalue weighted by atomic mass is 9.83. The molecule has 0 radical (unpaired) electrons. The molecule has 0 aromatic heterocycles. The van der Waals surface area contributed by atoms with Gasteiger partial charge in [0, 0.05) is 23.7 Å². The molecule has 0 bridgehead atoms. The number of carbonyl (C=O) groups excluding carboxylic acids is 3. The van der Waals surface area contributed by atoms with Crippen LogP contribution in [0.5, 0.6) is 0 Å². The lowest BCUT2D eigenvalue weighted by Gasteiger charge is -2.37. The molecule has 3 N–H and O–H groups in total. The summed E-state index contributed by atoms with van der Waals surface area (Å²) < 4.78 is 10.0. The van der Waals surface area contributed by atoms with Gasteiger partial charge < -0.3 is 25.2 Å². The maximum absolute atomic E-state index is 12.9. The molecule has 0 saturated carbocycles. The molecule has 134 valence electrons. The number of rotatable bonds is 3. The summed E-state index contributed by atoms with van der Waals surface area (Å²) in [4.78, 5) is 40.4. The molecule has 0 spiro atoms. The molecule has 4 aliphatic rings. The summed E-state index contributed by atoms with van der Waals surface area (Å²) in [5.74, 6) is -1.73. The van der Waals surface area contributed by atoms with E-state index in [1.54, 1.807) is 4.90 Å². The average molecular weight is 349 g/mol. The molecule has 1 amide bonds. The third-order valence-corrected chi connectivity index (χ3v) is 5.80. The van der Waals surface area contributed by atoms with Crippen molar-refractivity contribution in [3.63, 3.8) is 0 Å². The predicted molar refractivity (Wildman–Crippen MR) is 82.8 cm³/mol. The number of methoxy groups -OCH3 is 1. The van der Waals surface area contributed by atoms with Crippen LogP contribution in [-0.4, -0.2) is 77.7 Å². The van der Waals surface area contributed by atoms with Gasteiger partial charge in [0.2, 0.25) is 11.6 Å². The fourth-order valence-corrected chi connectivity index (χ4v) is 4.60. The SMILES string of the molecule is COC1=C(C)C(=O)C2=C(C1=O)[C@@H](COC(N)=O)[C@]1(O)[C@H]3[C@@H](CN21)N3C. The maximum Gasteiger partial charge on any atom is 0.404 e. The average Bonchev–Trinajstić information content (AvgIpc) is 2.96. The number of likely N-dealkylation sites (N-methyl/N-ethyl adjacent to an activating group) is 1. The van der Waals surface area contributed by atoms with E-state index in [-0.39, 0.29) is 47.1 Å². The largest absolute Gasteiger partial charge is 0.492 e. The number of nitrogens with two attached hydrogens (primary N) is 1. The summed E-state index contributed by atoms with van der Waals surface area (Å²) in [5.41, 5.74) is 4.09. The van der Waals surface area contributed by atoms with E-state index in [0.717, 1.165) is 0 Å². The number of ether oxygens (including phenoxy) is 2. The van der Waals surface area contributed by atoms with Gasteiger partial charge in [0.15, 0.2) is 11.5 Å². The molecule has 0 aromatic rings. The minimum absolute atomic E-state index is 0.0432. The van der Waals surface area contributed by atoms with Crippen molar-refractivity contribution < 1.29 is 29.0 Å². The van der Waals surface area contributed by atoms with Crippen molar-refractivity contribution in [1.82, 2.24) is 9.80 Å². The fraction of sp³-hybridized carbons (Fsp3) is 0.562. The molecule has 9 heteroatoms. The van der Waals surface area contributed by atoms with E-state index in [9.17, 15) is 19.5 Å². The molecule has 2 saturated heterocycles. The Morgan fingerprint density at radius 1 is 1.40 bits per heavy atom. The van der Waals surface area contributed by atoms with Crippen LogP contribution in [0.15, 0.2) is 22.6 Å². The van der Waals surface area contributed by atoms with Crippen molar-refractivity contribution in [3.8, 4) is 0 Å². The van der Waals surface area contributed by atoms with E-state index in [4.69, 9.17) is 15.2 Å². The van der Waals surface area contributed by atoms with Gasteiger partial charge in [0.1, 0.15) is 6.61 Å². The van der Waals surface area contributed by atoms with Crippen molar-refractivity contribution in [2.24, 2.45) is 11.7 Å². The number of aliphatic hydroxyl groups is 1. The number of piperazine rings is 1. The van der Waals surface area contributed by atoms with Crippen molar-refractivity contribution in [2.45, 2.75) is 24.7 Å². The second-order valence-corrected chi connectivity index (χ2v) is 6.83. The number of Topliss-reactive ketones (excluding diaryl/α,β-unsaturated/α-hetero) is 2. The normalized spacial score (nSPS) is 38.6. The number of ketones is 2. The highest BCUT2D eigenvalue weighted by Gasteiger charge is 2.74. The van der Waals surface area contributed by atoms with Crippen LogP contribution in [0.2, 0.25) is 0 Å². The number of amides is 1. The van der Waals surface area contributed by atoms with E-state index >= 15 is 0 Å². The van der Waals surface area contributed by atoms with Crippen LogP contribution < -0.4 is 5.73 Å². The van der Waals surface area contributed by atoms with Crippen LogP contribution in [0.3, 0.4) is 0 Å². The lowest BCUT2D eigenvalue weighted by molar-refractivity contribution is -0.126. The highest BCUT2D eigenvalue weighted by molar-refractivity contribution is 6.25. The number of carbonyl (C=O) groups is 3. The second-order valence-electron chi connectivity index (χ2n) is 6.83. The molecular weight excluding hydrogens is 330 g/mol. The van der Waals surface area contributed by atoms with Gasteiger partial charge >= 0.3 is 6.09 Å². The van der Waals surface area contributed by atoms with Crippen molar-refractivity contribution in [3.05, 3.63) is 22.6 Å².